The molecule has 1 spiro atoms. The van der Waals surface area contributed by atoms with E-state index in [4.69, 9.17) is 15.2 Å². The summed E-state index contributed by atoms with van der Waals surface area (Å²) in [6.45, 7) is 3.17. The second-order valence-corrected chi connectivity index (χ2v) is 6.73. The Balaban J connectivity index is 1.38. The number of nitrogens with one attached hydrogen (secondary N) is 1. The zero-order chi connectivity index (χ0) is 18.7. The number of carbonyl (C=O) groups is 1. The van der Waals surface area contributed by atoms with E-state index in [2.05, 4.69) is 15.3 Å². The molecule has 142 valence electrons. The summed E-state index contributed by atoms with van der Waals surface area (Å²) in [5.41, 5.74) is 7.32. The van der Waals surface area contributed by atoms with Crippen molar-refractivity contribution in [2.75, 3.05) is 36.9 Å². The van der Waals surface area contributed by atoms with Gasteiger partial charge in [0.1, 0.15) is 5.82 Å². The average Bonchev–Trinajstić information content (AvgIpc) is 3.15. The maximum Gasteiger partial charge on any atom is 0.256 e. The summed E-state index contributed by atoms with van der Waals surface area (Å²) in [6.07, 6.45) is 3.01. The number of nitrogens with two attached hydrogens (primary N) is 1. The number of ether oxygens (including phenoxy) is 2. The van der Waals surface area contributed by atoms with Gasteiger partial charge in [0.2, 0.25) is 5.95 Å². The lowest BCUT2D eigenvalue weighted by Gasteiger charge is -2.37. The Kier molecular flexibility index (Phi) is 4.91. The molecule has 2 aliphatic rings. The van der Waals surface area contributed by atoms with Crippen LogP contribution in [0, 0.1) is 0 Å². The number of amides is 1. The lowest BCUT2D eigenvalue weighted by atomic mass is 10.0. The number of anilines is 2. The van der Waals surface area contributed by atoms with Gasteiger partial charge in [0.25, 0.3) is 5.91 Å². The molecule has 2 aromatic rings. The summed E-state index contributed by atoms with van der Waals surface area (Å²) in [6, 6.07) is 9.69. The molecule has 8 nitrogen and oxygen atoms in total. The molecule has 0 atom stereocenters. The first kappa shape index (κ1) is 17.7. The molecular formula is C19H23N5O3. The van der Waals surface area contributed by atoms with E-state index in [0.717, 1.165) is 31.5 Å². The van der Waals surface area contributed by atoms with Crippen LogP contribution in [0.25, 0.3) is 0 Å². The molecule has 0 saturated carbocycles. The Morgan fingerprint density at radius 2 is 1.89 bits per heavy atom. The van der Waals surface area contributed by atoms with Gasteiger partial charge in [-0.3, -0.25) is 4.79 Å². The Labute approximate surface area is 157 Å². The molecule has 8 heteroatoms. The number of carbonyl (C=O) groups excluding carboxylic acids is 1. The minimum Gasteiger partial charge on any atom is -0.383 e. The predicted molar refractivity (Wildman–Crippen MR) is 100 cm³/mol. The van der Waals surface area contributed by atoms with Crippen LogP contribution in [0.15, 0.2) is 36.5 Å². The molecule has 4 rings (SSSR count). The smallest absolute Gasteiger partial charge is 0.256 e. The van der Waals surface area contributed by atoms with Crippen molar-refractivity contribution in [2.24, 2.45) is 0 Å². The van der Waals surface area contributed by atoms with Gasteiger partial charge in [-0.15, -0.1) is 0 Å². The monoisotopic (exact) mass is 369 g/mol. The molecule has 3 heterocycles. The third kappa shape index (κ3) is 3.86. The zero-order valence-electron chi connectivity index (χ0n) is 15.1. The van der Waals surface area contributed by atoms with E-state index in [9.17, 15) is 4.79 Å². The van der Waals surface area contributed by atoms with Crippen molar-refractivity contribution < 1.29 is 14.3 Å². The Hall–Kier alpha value is -2.71. The highest BCUT2D eigenvalue weighted by Crippen LogP contribution is 2.32. The first-order chi connectivity index (χ1) is 13.2. The Morgan fingerprint density at radius 1 is 1.19 bits per heavy atom. The predicted octanol–water partition coefficient (Wildman–Crippen LogP) is 1.33. The lowest BCUT2D eigenvalue weighted by Crippen LogP contribution is -2.45. The number of aromatic nitrogens is 2. The third-order valence-electron chi connectivity index (χ3n) is 4.97. The molecule has 0 aliphatic carbocycles. The summed E-state index contributed by atoms with van der Waals surface area (Å²) in [5, 5.41) is 2.84. The third-order valence-corrected chi connectivity index (χ3v) is 4.97. The van der Waals surface area contributed by atoms with E-state index in [0.29, 0.717) is 25.7 Å². The van der Waals surface area contributed by atoms with Crippen LogP contribution in [0.2, 0.25) is 0 Å². The van der Waals surface area contributed by atoms with Crippen molar-refractivity contribution in [1.29, 1.82) is 0 Å². The van der Waals surface area contributed by atoms with Crippen LogP contribution < -0.4 is 16.0 Å². The summed E-state index contributed by atoms with van der Waals surface area (Å²) >= 11 is 0. The van der Waals surface area contributed by atoms with Gasteiger partial charge in [-0.25, -0.2) is 4.98 Å². The molecule has 2 fully saturated rings. The Morgan fingerprint density at radius 3 is 2.56 bits per heavy atom. The van der Waals surface area contributed by atoms with E-state index in [-0.39, 0.29) is 17.3 Å². The molecule has 0 bridgehead atoms. The number of nitrogen functional groups attached to an aromatic ring is 1. The molecule has 27 heavy (non-hydrogen) atoms. The number of rotatable bonds is 4. The summed E-state index contributed by atoms with van der Waals surface area (Å²) in [7, 11) is 0. The maximum atomic E-state index is 12.4. The second kappa shape index (κ2) is 7.50. The number of benzene rings is 1. The fourth-order valence-corrected chi connectivity index (χ4v) is 3.42. The minimum absolute atomic E-state index is 0.180. The van der Waals surface area contributed by atoms with Crippen LogP contribution in [0.4, 0.5) is 11.8 Å². The van der Waals surface area contributed by atoms with E-state index in [1.54, 1.807) is 0 Å². The largest absolute Gasteiger partial charge is 0.383 e. The first-order valence-corrected chi connectivity index (χ1v) is 9.13. The van der Waals surface area contributed by atoms with Crippen molar-refractivity contribution in [3.8, 4) is 0 Å². The number of piperidine rings is 1. The van der Waals surface area contributed by atoms with E-state index in [1.807, 2.05) is 35.2 Å². The van der Waals surface area contributed by atoms with Gasteiger partial charge < -0.3 is 25.4 Å². The van der Waals surface area contributed by atoms with Crippen molar-refractivity contribution in [1.82, 2.24) is 15.3 Å². The van der Waals surface area contributed by atoms with Gasteiger partial charge in [-0.1, -0.05) is 30.3 Å². The van der Waals surface area contributed by atoms with E-state index >= 15 is 0 Å². The highest BCUT2D eigenvalue weighted by Gasteiger charge is 2.40. The van der Waals surface area contributed by atoms with E-state index in [1.165, 1.54) is 6.20 Å². The van der Waals surface area contributed by atoms with Crippen LogP contribution in [0.1, 0.15) is 28.8 Å². The highest BCUT2D eigenvalue weighted by atomic mass is 16.7. The molecule has 2 saturated heterocycles. The Bertz CT molecular complexity index is 798. The fraction of sp³-hybridized carbons (Fsp3) is 0.421. The van der Waals surface area contributed by atoms with E-state index < -0.39 is 5.79 Å². The van der Waals surface area contributed by atoms with Crippen molar-refractivity contribution in [3.63, 3.8) is 0 Å². The average molecular weight is 369 g/mol. The van der Waals surface area contributed by atoms with Gasteiger partial charge >= 0.3 is 0 Å². The molecule has 1 amide bonds. The lowest BCUT2D eigenvalue weighted by molar-refractivity contribution is -0.169. The fourth-order valence-electron chi connectivity index (χ4n) is 3.42. The van der Waals surface area contributed by atoms with Crippen LogP contribution in [0.5, 0.6) is 0 Å². The number of hydrogen-bond acceptors (Lipinski definition) is 7. The van der Waals surface area contributed by atoms with Gasteiger partial charge in [0.05, 0.1) is 18.8 Å². The topological polar surface area (TPSA) is 103 Å². The van der Waals surface area contributed by atoms with Crippen LogP contribution in [-0.2, 0) is 16.0 Å². The summed E-state index contributed by atoms with van der Waals surface area (Å²) in [5.74, 6) is -0.0216. The minimum atomic E-state index is -0.445. The first-order valence-electron chi connectivity index (χ1n) is 9.13. The van der Waals surface area contributed by atoms with Crippen molar-refractivity contribution in [3.05, 3.63) is 47.7 Å². The van der Waals surface area contributed by atoms with Crippen LogP contribution in [0.3, 0.4) is 0 Å². The van der Waals surface area contributed by atoms with Gasteiger partial charge in [0, 0.05) is 38.7 Å². The summed E-state index contributed by atoms with van der Waals surface area (Å²) < 4.78 is 11.5. The molecule has 1 aromatic heterocycles. The standard InChI is InChI=1S/C19H23N5O3/c20-16-15(17(25)21-12-14-4-2-1-3-5-14)13-22-18(23-16)24-8-6-19(7-9-24)26-10-11-27-19/h1-5,13H,6-12H2,(H,21,25)(H2,20,22,23). The molecule has 3 N–H and O–H groups in total. The highest BCUT2D eigenvalue weighted by molar-refractivity contribution is 5.98. The van der Waals surface area contributed by atoms with Crippen LogP contribution in [-0.4, -0.2) is 48.0 Å². The van der Waals surface area contributed by atoms with Crippen molar-refractivity contribution in [2.45, 2.75) is 25.2 Å². The SMILES string of the molecule is Nc1nc(N2CCC3(CC2)OCCO3)ncc1C(=O)NCc1ccccc1. The number of hydrogen-bond donors (Lipinski definition) is 2. The zero-order valence-corrected chi connectivity index (χ0v) is 15.1. The molecule has 2 aliphatic heterocycles. The maximum absolute atomic E-state index is 12.4. The van der Waals surface area contributed by atoms with Gasteiger partial charge in [-0.05, 0) is 5.56 Å². The quantitative estimate of drug-likeness (QED) is 0.838. The van der Waals surface area contributed by atoms with Crippen molar-refractivity contribution >= 4 is 17.7 Å². The normalized spacial score (nSPS) is 18.6. The number of nitrogens with zero attached hydrogens (tertiary/aromatic N) is 3. The second-order valence-electron chi connectivity index (χ2n) is 6.73. The molecule has 0 radical (unpaired) electrons. The summed E-state index contributed by atoms with van der Waals surface area (Å²) in [4.78, 5) is 23.1. The molecule has 0 unspecified atom stereocenters. The molecule has 1 aromatic carbocycles. The van der Waals surface area contributed by atoms with Gasteiger partial charge in [0.15, 0.2) is 5.79 Å². The molecular weight excluding hydrogens is 346 g/mol. The van der Waals surface area contributed by atoms with Crippen LogP contribution >= 0.6 is 0 Å². The van der Waals surface area contributed by atoms with Gasteiger partial charge in [-0.2, -0.15) is 4.98 Å².